The van der Waals surface area contributed by atoms with Gasteiger partial charge >= 0.3 is 5.92 Å². The van der Waals surface area contributed by atoms with Gasteiger partial charge in [0.25, 0.3) is 5.91 Å². The molecule has 136 valence electrons. The molecule has 24 heavy (non-hydrogen) atoms. The molecule has 0 radical (unpaired) electrons. The fourth-order valence-corrected chi connectivity index (χ4v) is 2.73. The number of benzene rings is 1. The zero-order chi connectivity index (χ0) is 18.9. The van der Waals surface area contributed by atoms with Gasteiger partial charge in [0.05, 0.1) is 11.6 Å². The number of rotatable bonds is 5. The number of hydrogen-bond donors (Lipinski definition) is 1. The van der Waals surface area contributed by atoms with Gasteiger partial charge in [-0.05, 0) is 33.8 Å². The molecule has 0 aliphatic rings. The zero-order valence-electron chi connectivity index (χ0n) is 14.6. The van der Waals surface area contributed by atoms with Gasteiger partial charge in [-0.15, -0.1) is 4.72 Å². The van der Waals surface area contributed by atoms with Crippen molar-refractivity contribution in [1.29, 1.82) is 0 Å². The van der Waals surface area contributed by atoms with Crippen molar-refractivity contribution in [3.8, 4) is 0 Å². The van der Waals surface area contributed by atoms with E-state index in [4.69, 9.17) is 0 Å². The lowest BCUT2D eigenvalue weighted by atomic mass is 10.00. The summed E-state index contributed by atoms with van der Waals surface area (Å²) >= 11 is -1.50. The summed E-state index contributed by atoms with van der Waals surface area (Å²) in [6.45, 7) is 6.73. The quantitative estimate of drug-likeness (QED) is 0.817. The minimum Gasteiger partial charge on any atom is -0.598 e. The van der Waals surface area contributed by atoms with E-state index in [2.05, 4.69) is 4.72 Å². The van der Waals surface area contributed by atoms with Gasteiger partial charge in [0, 0.05) is 31.0 Å². The van der Waals surface area contributed by atoms with Crippen molar-refractivity contribution in [2.24, 2.45) is 0 Å². The minimum atomic E-state index is -3.98. The van der Waals surface area contributed by atoms with Gasteiger partial charge in [0.15, 0.2) is 0 Å². The van der Waals surface area contributed by atoms with Gasteiger partial charge < -0.3 is 9.45 Å². The highest BCUT2D eigenvalue weighted by Crippen LogP contribution is 2.34. The molecule has 0 fully saturated rings. The van der Waals surface area contributed by atoms with E-state index in [0.717, 1.165) is 6.07 Å². The number of hydrogen-bond acceptors (Lipinski definition) is 3. The van der Waals surface area contributed by atoms with E-state index in [0.29, 0.717) is 4.90 Å². The normalized spacial score (nSPS) is 15.1. The van der Waals surface area contributed by atoms with E-state index in [1.165, 1.54) is 33.2 Å². The van der Waals surface area contributed by atoms with Gasteiger partial charge in [-0.1, -0.05) is 12.1 Å². The van der Waals surface area contributed by atoms with Crippen LogP contribution in [0, 0.1) is 5.82 Å². The third-order valence-electron chi connectivity index (χ3n) is 3.35. The molecule has 0 heterocycles. The third-order valence-corrected chi connectivity index (χ3v) is 5.03. The first-order valence-electron chi connectivity index (χ1n) is 7.36. The fraction of sp³-hybridized carbons (Fsp3) is 0.562. The second-order valence-electron chi connectivity index (χ2n) is 6.70. The Morgan fingerprint density at radius 3 is 2.29 bits per heavy atom. The Hall–Kier alpha value is -1.25. The zero-order valence-corrected chi connectivity index (χ0v) is 15.4. The van der Waals surface area contributed by atoms with Crippen molar-refractivity contribution in [2.75, 3.05) is 14.1 Å². The van der Waals surface area contributed by atoms with E-state index in [9.17, 15) is 22.5 Å². The number of likely N-dealkylation sites (N-methyl/N-ethyl adjacent to an activating group) is 1. The summed E-state index contributed by atoms with van der Waals surface area (Å²) in [5.41, 5.74) is -1.06. The highest BCUT2D eigenvalue weighted by molar-refractivity contribution is 7.90. The number of alkyl halides is 2. The maximum Gasteiger partial charge on any atom is 0.352 e. The molecule has 1 amide bonds. The second-order valence-corrected chi connectivity index (χ2v) is 8.70. The molecule has 0 bridgehead atoms. The van der Waals surface area contributed by atoms with Gasteiger partial charge in [-0.25, -0.2) is 4.39 Å². The summed E-state index contributed by atoms with van der Waals surface area (Å²) < 4.78 is 57.3. The summed E-state index contributed by atoms with van der Waals surface area (Å²) in [5.74, 6) is -6.66. The van der Waals surface area contributed by atoms with Crippen LogP contribution in [0.2, 0.25) is 0 Å². The van der Waals surface area contributed by atoms with Crippen LogP contribution in [0.25, 0.3) is 0 Å². The number of nitrogens with one attached hydrogen (secondary N) is 1. The first-order valence-corrected chi connectivity index (χ1v) is 8.51. The van der Waals surface area contributed by atoms with Crippen molar-refractivity contribution >= 4 is 17.3 Å². The van der Waals surface area contributed by atoms with Crippen molar-refractivity contribution in [3.63, 3.8) is 0 Å². The third kappa shape index (κ3) is 4.43. The van der Waals surface area contributed by atoms with E-state index in [1.807, 2.05) is 0 Å². The lowest BCUT2D eigenvalue weighted by molar-refractivity contribution is -0.156. The standard InChI is InChI=1S/C16H23F3N2O2S/c1-10(20-24(23)15(2,3)4)11-8-7-9-12(13(11)17)16(18,19)14(22)21(5)6/h7-10,20H,1-6H3. The molecule has 2 atom stereocenters. The maximum atomic E-state index is 14.6. The van der Waals surface area contributed by atoms with Crippen LogP contribution in [-0.4, -0.2) is 34.2 Å². The fourth-order valence-electron chi connectivity index (χ4n) is 1.92. The Balaban J connectivity index is 3.20. The summed E-state index contributed by atoms with van der Waals surface area (Å²) in [5, 5.41) is 0. The topological polar surface area (TPSA) is 55.4 Å². The Labute approximate surface area is 143 Å². The molecule has 1 rings (SSSR count). The van der Waals surface area contributed by atoms with Crippen LogP contribution in [0.4, 0.5) is 13.2 Å². The summed E-state index contributed by atoms with van der Waals surface area (Å²) in [4.78, 5) is 12.4. The van der Waals surface area contributed by atoms with Crippen molar-refractivity contribution in [2.45, 2.75) is 44.4 Å². The number of halogens is 3. The molecule has 1 aromatic carbocycles. The van der Waals surface area contributed by atoms with Crippen molar-refractivity contribution < 1.29 is 22.5 Å². The average molecular weight is 364 g/mol. The predicted molar refractivity (Wildman–Crippen MR) is 88.4 cm³/mol. The molecule has 0 spiro atoms. The minimum absolute atomic E-state index is 0.0728. The van der Waals surface area contributed by atoms with Gasteiger partial charge in [-0.2, -0.15) is 8.78 Å². The van der Waals surface area contributed by atoms with Crippen LogP contribution >= 0.6 is 0 Å². The molecule has 8 heteroatoms. The van der Waals surface area contributed by atoms with Crippen LogP contribution in [-0.2, 0) is 22.1 Å². The number of carbonyl (C=O) groups excluding carboxylic acids is 1. The molecule has 1 N–H and O–H groups in total. The van der Waals surface area contributed by atoms with Crippen LogP contribution < -0.4 is 4.72 Å². The molecule has 4 nitrogen and oxygen atoms in total. The summed E-state index contributed by atoms with van der Waals surface area (Å²) in [6, 6.07) is 2.69. The average Bonchev–Trinajstić information content (AvgIpc) is 2.44. The molecule has 0 saturated carbocycles. The summed E-state index contributed by atoms with van der Waals surface area (Å²) in [7, 11) is 2.35. The van der Waals surface area contributed by atoms with Crippen molar-refractivity contribution in [3.05, 3.63) is 35.1 Å². The highest BCUT2D eigenvalue weighted by Gasteiger charge is 2.45. The lowest BCUT2D eigenvalue weighted by Gasteiger charge is -2.27. The maximum absolute atomic E-state index is 14.6. The largest absolute Gasteiger partial charge is 0.598 e. The Kier molecular flexibility index (Phi) is 6.35. The number of amides is 1. The Morgan fingerprint density at radius 2 is 1.83 bits per heavy atom. The smallest absolute Gasteiger partial charge is 0.352 e. The van der Waals surface area contributed by atoms with Crippen LogP contribution in [0.5, 0.6) is 0 Å². The lowest BCUT2D eigenvalue weighted by Crippen LogP contribution is -2.41. The van der Waals surface area contributed by atoms with Gasteiger partial charge in [0.2, 0.25) is 0 Å². The molecule has 2 unspecified atom stereocenters. The van der Waals surface area contributed by atoms with E-state index >= 15 is 0 Å². The predicted octanol–water partition coefficient (Wildman–Crippen LogP) is 3.12. The second kappa shape index (κ2) is 7.33. The van der Waals surface area contributed by atoms with Crippen molar-refractivity contribution in [1.82, 2.24) is 9.62 Å². The van der Waals surface area contributed by atoms with E-state index in [1.54, 1.807) is 20.8 Å². The van der Waals surface area contributed by atoms with E-state index in [-0.39, 0.29) is 5.56 Å². The van der Waals surface area contributed by atoms with Crippen LogP contribution in [0.3, 0.4) is 0 Å². The molecular formula is C16H23F3N2O2S. The van der Waals surface area contributed by atoms with Gasteiger partial charge in [0.1, 0.15) is 10.6 Å². The molecule has 0 aliphatic heterocycles. The molecule has 0 saturated heterocycles. The Bertz CT molecular complexity index is 603. The van der Waals surface area contributed by atoms with Gasteiger partial charge in [-0.3, -0.25) is 4.79 Å². The molecule has 1 aromatic rings. The van der Waals surface area contributed by atoms with E-state index < -0.39 is 45.4 Å². The Morgan fingerprint density at radius 1 is 1.29 bits per heavy atom. The number of nitrogens with zero attached hydrogens (tertiary/aromatic N) is 1. The first-order chi connectivity index (χ1) is 10.8. The number of carbonyl (C=O) groups is 1. The molecule has 0 aliphatic carbocycles. The first kappa shape index (κ1) is 20.8. The SMILES string of the molecule is CC(N[S+]([O-])C(C)(C)C)c1cccc(C(F)(F)C(=O)N(C)C)c1F. The van der Waals surface area contributed by atoms with Crippen LogP contribution in [0.15, 0.2) is 18.2 Å². The van der Waals surface area contributed by atoms with Crippen LogP contribution in [0.1, 0.15) is 44.9 Å². The molecule has 0 aromatic heterocycles. The monoisotopic (exact) mass is 364 g/mol. The highest BCUT2D eigenvalue weighted by atomic mass is 32.2. The molecular weight excluding hydrogens is 341 g/mol. The summed E-state index contributed by atoms with van der Waals surface area (Å²) in [6.07, 6.45) is 0.